The number of rotatable bonds is 4. The van der Waals surface area contributed by atoms with Crippen LogP contribution in [-0.4, -0.2) is 16.3 Å². The molecule has 0 aliphatic heterocycles. The Kier molecular flexibility index (Phi) is 7.33. The Morgan fingerprint density at radius 1 is 0.818 bits per heavy atom. The Hall–Kier alpha value is -2.13. The van der Waals surface area contributed by atoms with Crippen LogP contribution in [0.15, 0.2) is 48.5 Å². The summed E-state index contributed by atoms with van der Waals surface area (Å²) >= 11 is 5.21. The maximum absolute atomic E-state index is 10.5. The summed E-state index contributed by atoms with van der Waals surface area (Å²) in [6.07, 6.45) is 0.433. The van der Waals surface area contributed by atoms with Crippen LogP contribution in [0.5, 0.6) is 0 Å². The van der Waals surface area contributed by atoms with Gasteiger partial charge in [-0.15, -0.1) is 0 Å². The van der Waals surface area contributed by atoms with E-state index in [1.807, 2.05) is 62.4 Å². The SMILES string of the molecule is Cc1ccc(CC(=O)Cl)cc1.Cc1ccc(CC(=O)O)cc1. The van der Waals surface area contributed by atoms with Crippen LogP contribution < -0.4 is 0 Å². The molecule has 2 aromatic carbocycles. The molecule has 4 heteroatoms. The van der Waals surface area contributed by atoms with E-state index in [9.17, 15) is 9.59 Å². The summed E-state index contributed by atoms with van der Waals surface area (Å²) in [5, 5.41) is 8.12. The Morgan fingerprint density at radius 3 is 1.50 bits per heavy atom. The van der Waals surface area contributed by atoms with E-state index in [2.05, 4.69) is 0 Å². The molecule has 0 radical (unpaired) electrons. The van der Waals surface area contributed by atoms with Gasteiger partial charge in [0.25, 0.3) is 0 Å². The smallest absolute Gasteiger partial charge is 0.307 e. The number of aliphatic carboxylic acids is 1. The van der Waals surface area contributed by atoms with Crippen molar-refractivity contribution in [2.45, 2.75) is 26.7 Å². The van der Waals surface area contributed by atoms with Crippen molar-refractivity contribution in [3.63, 3.8) is 0 Å². The molecule has 116 valence electrons. The second-order valence-corrected chi connectivity index (χ2v) is 5.50. The summed E-state index contributed by atoms with van der Waals surface area (Å²) in [5.74, 6) is -0.783. The van der Waals surface area contributed by atoms with E-state index in [1.54, 1.807) is 0 Å². The second kappa shape index (κ2) is 9.00. The summed E-state index contributed by atoms with van der Waals surface area (Å²) in [7, 11) is 0. The zero-order valence-corrected chi connectivity index (χ0v) is 13.4. The number of carbonyl (C=O) groups excluding carboxylic acids is 1. The van der Waals surface area contributed by atoms with Crippen LogP contribution in [0, 0.1) is 13.8 Å². The van der Waals surface area contributed by atoms with Gasteiger partial charge in [-0.1, -0.05) is 59.7 Å². The predicted octanol–water partition coefficient (Wildman–Crippen LogP) is 3.93. The highest BCUT2D eigenvalue weighted by molar-refractivity contribution is 6.63. The molecule has 3 nitrogen and oxygen atoms in total. The maximum Gasteiger partial charge on any atom is 0.307 e. The van der Waals surface area contributed by atoms with E-state index < -0.39 is 5.97 Å². The van der Waals surface area contributed by atoms with Gasteiger partial charge in [0.1, 0.15) is 0 Å². The van der Waals surface area contributed by atoms with Gasteiger partial charge in [0.15, 0.2) is 0 Å². The Morgan fingerprint density at radius 2 is 1.18 bits per heavy atom. The van der Waals surface area contributed by atoms with E-state index in [1.165, 1.54) is 5.56 Å². The van der Waals surface area contributed by atoms with E-state index >= 15 is 0 Å². The number of hydrogen-bond donors (Lipinski definition) is 1. The van der Waals surface area contributed by atoms with Gasteiger partial charge in [0.05, 0.1) is 6.42 Å². The average molecular weight is 319 g/mol. The topological polar surface area (TPSA) is 54.4 Å². The molecule has 0 bridgehead atoms. The molecular weight excluding hydrogens is 300 g/mol. The van der Waals surface area contributed by atoms with Crippen molar-refractivity contribution in [1.29, 1.82) is 0 Å². The molecule has 0 atom stereocenters. The lowest BCUT2D eigenvalue weighted by molar-refractivity contribution is -0.136. The van der Waals surface area contributed by atoms with Crippen molar-refractivity contribution in [2.24, 2.45) is 0 Å². The van der Waals surface area contributed by atoms with E-state index in [-0.39, 0.29) is 11.7 Å². The number of carboxylic acid groups (broad SMARTS) is 1. The normalized spacial score (nSPS) is 9.59. The maximum atomic E-state index is 10.5. The minimum absolute atomic E-state index is 0.111. The number of halogens is 1. The molecule has 0 amide bonds. The molecule has 0 heterocycles. The van der Waals surface area contributed by atoms with Crippen molar-refractivity contribution >= 4 is 22.8 Å². The molecule has 0 aromatic heterocycles. The fraction of sp³-hybridized carbons (Fsp3) is 0.222. The zero-order chi connectivity index (χ0) is 16.5. The van der Waals surface area contributed by atoms with Crippen molar-refractivity contribution in [1.82, 2.24) is 0 Å². The van der Waals surface area contributed by atoms with E-state index in [0.29, 0.717) is 6.42 Å². The Balaban J connectivity index is 0.000000220. The van der Waals surface area contributed by atoms with Gasteiger partial charge in [0.2, 0.25) is 5.24 Å². The molecule has 22 heavy (non-hydrogen) atoms. The van der Waals surface area contributed by atoms with Crippen LogP contribution in [0.4, 0.5) is 0 Å². The Labute approximate surface area is 135 Å². The highest BCUT2D eigenvalue weighted by Gasteiger charge is 1.98. The fourth-order valence-corrected chi connectivity index (χ4v) is 1.90. The lowest BCUT2D eigenvalue weighted by atomic mass is 10.1. The molecule has 1 N–H and O–H groups in total. The van der Waals surface area contributed by atoms with Crippen molar-refractivity contribution in [2.75, 3.05) is 0 Å². The number of hydrogen-bond acceptors (Lipinski definition) is 2. The van der Waals surface area contributed by atoms with Gasteiger partial charge in [-0.3, -0.25) is 9.59 Å². The van der Waals surface area contributed by atoms with Crippen LogP contribution >= 0.6 is 11.6 Å². The zero-order valence-electron chi connectivity index (χ0n) is 12.7. The highest BCUT2D eigenvalue weighted by Crippen LogP contribution is 2.05. The monoisotopic (exact) mass is 318 g/mol. The summed E-state index contributed by atoms with van der Waals surface area (Å²) in [5.41, 5.74) is 4.16. The molecular formula is C18H19ClO3. The minimum Gasteiger partial charge on any atom is -0.481 e. The third-order valence-corrected chi connectivity index (χ3v) is 3.07. The summed E-state index contributed by atoms with van der Waals surface area (Å²) in [6.45, 7) is 3.98. The first-order valence-corrected chi connectivity index (χ1v) is 7.26. The standard InChI is InChI=1S/C9H9ClO.C9H10O2/c2*1-7-2-4-8(5-3-7)6-9(10)11/h2-5H,6H2,1H3;2-5H,6H2,1H3,(H,10,11). The van der Waals surface area contributed by atoms with Crippen molar-refractivity contribution in [3.8, 4) is 0 Å². The van der Waals surface area contributed by atoms with Crippen molar-refractivity contribution < 1.29 is 14.7 Å². The predicted molar refractivity (Wildman–Crippen MR) is 88.3 cm³/mol. The molecule has 0 spiro atoms. The molecule has 2 rings (SSSR count). The van der Waals surface area contributed by atoms with Crippen LogP contribution in [0.25, 0.3) is 0 Å². The van der Waals surface area contributed by atoms with Gasteiger partial charge in [-0.25, -0.2) is 0 Å². The summed E-state index contributed by atoms with van der Waals surface area (Å²) in [4.78, 5) is 20.7. The van der Waals surface area contributed by atoms with Gasteiger partial charge in [-0.05, 0) is 36.6 Å². The largest absolute Gasteiger partial charge is 0.481 e. The molecule has 0 unspecified atom stereocenters. The lowest BCUT2D eigenvalue weighted by Crippen LogP contribution is -1.99. The fourth-order valence-electron chi connectivity index (χ4n) is 1.75. The lowest BCUT2D eigenvalue weighted by Gasteiger charge is -1.96. The quantitative estimate of drug-likeness (QED) is 0.869. The first kappa shape index (κ1) is 17.9. The molecule has 0 saturated heterocycles. The first-order valence-electron chi connectivity index (χ1n) is 6.88. The van der Waals surface area contributed by atoms with Crippen LogP contribution in [-0.2, 0) is 22.4 Å². The highest BCUT2D eigenvalue weighted by atomic mass is 35.5. The minimum atomic E-state index is -0.783. The van der Waals surface area contributed by atoms with Gasteiger partial charge in [-0.2, -0.15) is 0 Å². The third-order valence-electron chi connectivity index (χ3n) is 2.94. The van der Waals surface area contributed by atoms with E-state index in [4.69, 9.17) is 16.7 Å². The average Bonchev–Trinajstić information content (AvgIpc) is 2.44. The first-order chi connectivity index (χ1) is 10.4. The molecule has 2 aromatic rings. The number of carbonyl (C=O) groups is 2. The van der Waals surface area contributed by atoms with Crippen LogP contribution in [0.2, 0.25) is 0 Å². The molecule has 0 aliphatic carbocycles. The number of carboxylic acids is 1. The summed E-state index contributed by atoms with van der Waals surface area (Å²) < 4.78 is 0. The molecule has 0 aliphatic rings. The van der Waals surface area contributed by atoms with Gasteiger partial charge < -0.3 is 5.11 Å². The van der Waals surface area contributed by atoms with Crippen LogP contribution in [0.3, 0.4) is 0 Å². The van der Waals surface area contributed by atoms with Crippen molar-refractivity contribution in [3.05, 3.63) is 70.8 Å². The summed E-state index contributed by atoms with van der Waals surface area (Å²) in [6, 6.07) is 15.3. The second-order valence-electron chi connectivity index (χ2n) is 5.07. The number of aryl methyl sites for hydroxylation is 2. The van der Waals surface area contributed by atoms with Gasteiger partial charge >= 0.3 is 5.97 Å². The van der Waals surface area contributed by atoms with Crippen LogP contribution in [0.1, 0.15) is 22.3 Å². The Bertz CT molecular complexity index is 558. The number of benzene rings is 2. The molecule has 0 fully saturated rings. The molecule has 0 saturated carbocycles. The van der Waals surface area contributed by atoms with Gasteiger partial charge in [0, 0.05) is 6.42 Å². The van der Waals surface area contributed by atoms with E-state index in [0.717, 1.165) is 16.7 Å². The third kappa shape index (κ3) is 7.60.